The van der Waals surface area contributed by atoms with Crippen molar-refractivity contribution in [3.8, 4) is 0 Å². The maximum absolute atomic E-state index is 11.5. The molecule has 1 fully saturated rings. The summed E-state index contributed by atoms with van der Waals surface area (Å²) in [5, 5.41) is 0. The molecule has 1 saturated heterocycles. The molecule has 0 spiro atoms. The first-order valence-electron chi connectivity index (χ1n) is 3.69. The van der Waals surface area contributed by atoms with E-state index in [1.54, 1.807) is 0 Å². The summed E-state index contributed by atoms with van der Waals surface area (Å²) in [5.74, 6) is 0.635. The van der Waals surface area contributed by atoms with E-state index < -0.39 is 7.14 Å². The Morgan fingerprint density at radius 1 is 1.44 bits per heavy atom. The summed E-state index contributed by atoms with van der Waals surface area (Å²) in [4.78, 5) is 0. The topological polar surface area (TPSA) is 17.1 Å². The van der Waals surface area contributed by atoms with Gasteiger partial charge in [-0.05, 0) is 12.3 Å². The van der Waals surface area contributed by atoms with Crippen molar-refractivity contribution in [2.45, 2.75) is 20.3 Å². The van der Waals surface area contributed by atoms with Gasteiger partial charge in [0, 0.05) is 18.5 Å². The zero-order valence-electron chi connectivity index (χ0n) is 6.26. The Morgan fingerprint density at radius 2 is 2.00 bits per heavy atom. The van der Waals surface area contributed by atoms with Crippen LogP contribution in [0.1, 0.15) is 20.3 Å². The standard InChI is InChI=1S/C7H15OP/c1-7(2)6-9(8)4-3-5-9/h7H,3-6H2,1-2H3. The maximum atomic E-state index is 11.5. The van der Waals surface area contributed by atoms with Crippen molar-refractivity contribution < 1.29 is 4.57 Å². The van der Waals surface area contributed by atoms with Gasteiger partial charge in [0.1, 0.15) is 0 Å². The van der Waals surface area contributed by atoms with E-state index in [4.69, 9.17) is 0 Å². The highest BCUT2D eigenvalue weighted by Crippen LogP contribution is 2.55. The molecule has 0 aromatic carbocycles. The predicted octanol–water partition coefficient (Wildman–Crippen LogP) is 2.41. The van der Waals surface area contributed by atoms with Crippen LogP contribution < -0.4 is 0 Å². The minimum absolute atomic E-state index is 0.635. The zero-order chi connectivity index (χ0) is 6.91. The lowest BCUT2D eigenvalue weighted by molar-refractivity contribution is 0.552. The Bertz CT molecular complexity index is 132. The fraction of sp³-hybridized carbons (Fsp3) is 1.00. The van der Waals surface area contributed by atoms with Crippen LogP contribution in [0.15, 0.2) is 0 Å². The summed E-state index contributed by atoms with van der Waals surface area (Å²) >= 11 is 0. The third kappa shape index (κ3) is 1.82. The third-order valence-electron chi connectivity index (χ3n) is 1.83. The van der Waals surface area contributed by atoms with Gasteiger partial charge >= 0.3 is 0 Å². The molecule has 0 aromatic rings. The maximum Gasteiger partial charge on any atom is 0.0880 e. The molecule has 1 nitrogen and oxygen atoms in total. The molecule has 0 aromatic heterocycles. The molecule has 0 unspecified atom stereocenters. The molecular weight excluding hydrogens is 131 g/mol. The van der Waals surface area contributed by atoms with Crippen LogP contribution in [0, 0.1) is 5.92 Å². The number of rotatable bonds is 2. The highest BCUT2D eigenvalue weighted by atomic mass is 31.2. The number of hydrogen-bond donors (Lipinski definition) is 0. The Labute approximate surface area is 57.2 Å². The van der Waals surface area contributed by atoms with E-state index in [0.717, 1.165) is 18.5 Å². The van der Waals surface area contributed by atoms with E-state index in [0.29, 0.717) is 5.92 Å². The molecule has 0 aliphatic carbocycles. The van der Waals surface area contributed by atoms with Crippen LogP contribution in [0.5, 0.6) is 0 Å². The van der Waals surface area contributed by atoms with Gasteiger partial charge in [-0.3, -0.25) is 0 Å². The molecule has 1 aliphatic rings. The van der Waals surface area contributed by atoms with Crippen LogP contribution in [0.2, 0.25) is 0 Å². The first-order chi connectivity index (χ1) is 4.12. The van der Waals surface area contributed by atoms with Gasteiger partial charge in [-0.2, -0.15) is 0 Å². The molecule has 0 saturated carbocycles. The Kier molecular flexibility index (Phi) is 2.00. The van der Waals surface area contributed by atoms with Gasteiger partial charge in [0.05, 0.1) is 7.14 Å². The molecule has 9 heavy (non-hydrogen) atoms. The molecule has 0 N–H and O–H groups in total. The van der Waals surface area contributed by atoms with Gasteiger partial charge in [0.2, 0.25) is 0 Å². The molecule has 2 heteroatoms. The van der Waals surface area contributed by atoms with Crippen molar-refractivity contribution in [2.24, 2.45) is 5.92 Å². The second-order valence-corrected chi connectivity index (χ2v) is 6.81. The Hall–Kier alpha value is 0.230. The van der Waals surface area contributed by atoms with E-state index in [1.807, 2.05) is 0 Å². The smallest absolute Gasteiger partial charge is 0.0880 e. The van der Waals surface area contributed by atoms with Crippen LogP contribution >= 0.6 is 7.14 Å². The third-order valence-corrected chi connectivity index (χ3v) is 5.49. The van der Waals surface area contributed by atoms with Crippen LogP contribution in [-0.4, -0.2) is 18.5 Å². The second kappa shape index (κ2) is 2.46. The van der Waals surface area contributed by atoms with E-state index >= 15 is 0 Å². The van der Waals surface area contributed by atoms with Crippen molar-refractivity contribution in [1.29, 1.82) is 0 Å². The van der Waals surface area contributed by atoms with E-state index in [9.17, 15) is 4.57 Å². The Morgan fingerprint density at radius 3 is 2.11 bits per heavy atom. The van der Waals surface area contributed by atoms with Gasteiger partial charge in [-0.15, -0.1) is 0 Å². The largest absolute Gasteiger partial charge is 0.324 e. The molecule has 1 heterocycles. The molecule has 0 bridgehead atoms. The normalized spacial score (nSPS) is 23.9. The molecule has 0 atom stereocenters. The van der Waals surface area contributed by atoms with Gasteiger partial charge in [-0.1, -0.05) is 13.8 Å². The van der Waals surface area contributed by atoms with Crippen LogP contribution in [0.4, 0.5) is 0 Å². The Balaban J connectivity index is 2.34. The van der Waals surface area contributed by atoms with Crippen LogP contribution in [-0.2, 0) is 4.57 Å². The highest BCUT2D eigenvalue weighted by molar-refractivity contribution is 7.65. The summed E-state index contributed by atoms with van der Waals surface area (Å²) in [6.07, 6.45) is 4.27. The lowest BCUT2D eigenvalue weighted by Gasteiger charge is -2.27. The molecule has 1 rings (SSSR count). The van der Waals surface area contributed by atoms with Crippen molar-refractivity contribution in [3.63, 3.8) is 0 Å². The van der Waals surface area contributed by atoms with Gasteiger partial charge in [-0.25, -0.2) is 0 Å². The second-order valence-electron chi connectivity index (χ2n) is 3.44. The van der Waals surface area contributed by atoms with Crippen molar-refractivity contribution in [2.75, 3.05) is 18.5 Å². The molecule has 0 amide bonds. The monoisotopic (exact) mass is 146 g/mol. The summed E-state index contributed by atoms with van der Waals surface area (Å²) in [7, 11) is -1.55. The summed E-state index contributed by atoms with van der Waals surface area (Å²) in [6.45, 7) is 4.30. The van der Waals surface area contributed by atoms with Gasteiger partial charge < -0.3 is 4.57 Å². The minimum atomic E-state index is -1.55. The fourth-order valence-corrected chi connectivity index (χ4v) is 4.08. The summed E-state index contributed by atoms with van der Waals surface area (Å²) < 4.78 is 11.5. The zero-order valence-corrected chi connectivity index (χ0v) is 7.16. The van der Waals surface area contributed by atoms with E-state index in [2.05, 4.69) is 13.8 Å². The fourth-order valence-electron chi connectivity index (χ4n) is 1.36. The first-order valence-corrected chi connectivity index (χ1v) is 5.96. The average molecular weight is 146 g/mol. The molecule has 0 radical (unpaired) electrons. The minimum Gasteiger partial charge on any atom is -0.324 e. The predicted molar refractivity (Wildman–Crippen MR) is 41.7 cm³/mol. The van der Waals surface area contributed by atoms with Crippen LogP contribution in [0.25, 0.3) is 0 Å². The number of hydrogen-bond acceptors (Lipinski definition) is 1. The van der Waals surface area contributed by atoms with E-state index in [1.165, 1.54) is 6.42 Å². The first kappa shape index (κ1) is 7.34. The van der Waals surface area contributed by atoms with Gasteiger partial charge in [0.15, 0.2) is 0 Å². The SMILES string of the molecule is CC(C)CP1(=O)CCC1. The molecule has 1 aliphatic heterocycles. The lowest BCUT2D eigenvalue weighted by Crippen LogP contribution is -2.14. The van der Waals surface area contributed by atoms with E-state index in [-0.39, 0.29) is 0 Å². The van der Waals surface area contributed by atoms with Crippen molar-refractivity contribution in [1.82, 2.24) is 0 Å². The quantitative estimate of drug-likeness (QED) is 0.547. The average Bonchev–Trinajstić information content (AvgIpc) is 1.60. The van der Waals surface area contributed by atoms with Crippen molar-refractivity contribution >= 4 is 7.14 Å². The van der Waals surface area contributed by atoms with Crippen molar-refractivity contribution in [3.05, 3.63) is 0 Å². The lowest BCUT2D eigenvalue weighted by atomic mass is 10.3. The van der Waals surface area contributed by atoms with Crippen LogP contribution in [0.3, 0.4) is 0 Å². The highest BCUT2D eigenvalue weighted by Gasteiger charge is 2.30. The molecular formula is C7H15OP. The molecule has 54 valence electrons. The summed E-state index contributed by atoms with van der Waals surface area (Å²) in [6, 6.07) is 0. The van der Waals surface area contributed by atoms with Gasteiger partial charge in [0.25, 0.3) is 0 Å². The summed E-state index contributed by atoms with van der Waals surface area (Å²) in [5.41, 5.74) is 0.